The first-order valence-corrected chi connectivity index (χ1v) is 7.17. The fourth-order valence-corrected chi connectivity index (χ4v) is 2.96. The van der Waals surface area contributed by atoms with E-state index in [0.717, 1.165) is 64.1 Å². The van der Waals surface area contributed by atoms with Crippen molar-refractivity contribution in [2.75, 3.05) is 32.7 Å². The molecule has 4 nitrogen and oxygen atoms in total. The van der Waals surface area contributed by atoms with E-state index in [-0.39, 0.29) is 0 Å². The molecule has 0 unspecified atom stereocenters. The van der Waals surface area contributed by atoms with E-state index >= 15 is 0 Å². The zero-order chi connectivity index (χ0) is 12.8. The molecule has 0 saturated carbocycles. The van der Waals surface area contributed by atoms with Crippen LogP contribution in [0.2, 0.25) is 0 Å². The minimum atomic E-state index is 0.346. The fourth-order valence-electron chi connectivity index (χ4n) is 2.96. The van der Waals surface area contributed by atoms with Crippen molar-refractivity contribution in [2.45, 2.75) is 38.6 Å². The van der Waals surface area contributed by atoms with Crippen LogP contribution in [-0.4, -0.2) is 59.5 Å². The Balaban J connectivity index is 1.98. The fraction of sp³-hybridized carbons (Fsp3) is 0.786. The molecule has 0 aromatic rings. The van der Waals surface area contributed by atoms with Crippen LogP contribution in [0.5, 0.6) is 0 Å². The van der Waals surface area contributed by atoms with E-state index in [1.807, 2.05) is 0 Å². The van der Waals surface area contributed by atoms with Crippen molar-refractivity contribution in [3.63, 3.8) is 0 Å². The number of allylic oxidation sites excluding steroid dienone is 2. The molecule has 1 fully saturated rings. The molecule has 0 radical (unpaired) electrons. The van der Waals surface area contributed by atoms with Gasteiger partial charge in [0.2, 0.25) is 0 Å². The number of hydrogen-bond acceptors (Lipinski definition) is 4. The third-order valence-corrected chi connectivity index (χ3v) is 4.15. The molecule has 1 N–H and O–H groups in total. The van der Waals surface area contributed by atoms with Crippen molar-refractivity contribution < 1.29 is 5.21 Å². The summed E-state index contributed by atoms with van der Waals surface area (Å²) < 4.78 is 0. The van der Waals surface area contributed by atoms with Gasteiger partial charge in [0.25, 0.3) is 0 Å². The number of oxime groups is 1. The summed E-state index contributed by atoms with van der Waals surface area (Å²) in [6.07, 6.45) is 8.55. The van der Waals surface area contributed by atoms with E-state index in [0.29, 0.717) is 6.04 Å². The Labute approximate surface area is 110 Å². The van der Waals surface area contributed by atoms with Crippen molar-refractivity contribution in [2.24, 2.45) is 5.16 Å². The average molecular weight is 251 g/mol. The predicted molar refractivity (Wildman–Crippen MR) is 74.3 cm³/mol. The van der Waals surface area contributed by atoms with E-state index in [1.54, 1.807) is 0 Å². The van der Waals surface area contributed by atoms with Crippen LogP contribution in [0.25, 0.3) is 0 Å². The van der Waals surface area contributed by atoms with Crippen LogP contribution in [0.4, 0.5) is 0 Å². The van der Waals surface area contributed by atoms with Gasteiger partial charge in [-0.25, -0.2) is 0 Å². The Morgan fingerprint density at radius 2 is 1.94 bits per heavy atom. The van der Waals surface area contributed by atoms with Gasteiger partial charge in [0.05, 0.1) is 11.8 Å². The lowest BCUT2D eigenvalue weighted by Gasteiger charge is -2.39. The van der Waals surface area contributed by atoms with E-state index in [4.69, 9.17) is 0 Å². The number of piperazine rings is 1. The van der Waals surface area contributed by atoms with Gasteiger partial charge in [-0.05, 0) is 32.2 Å². The highest BCUT2D eigenvalue weighted by Gasteiger charge is 2.27. The SMILES string of the molecule is CCN1CCN([C@H]2CCC=CCC/C2=N/O)CC1. The largest absolute Gasteiger partial charge is 0.411 e. The molecule has 0 bridgehead atoms. The van der Waals surface area contributed by atoms with Gasteiger partial charge < -0.3 is 10.1 Å². The number of likely N-dealkylation sites (N-methyl/N-ethyl adjacent to an activating group) is 1. The van der Waals surface area contributed by atoms with Gasteiger partial charge >= 0.3 is 0 Å². The third-order valence-electron chi connectivity index (χ3n) is 4.15. The second-order valence-electron chi connectivity index (χ2n) is 5.16. The van der Waals surface area contributed by atoms with Crippen molar-refractivity contribution in [3.8, 4) is 0 Å². The number of nitrogens with zero attached hydrogens (tertiary/aromatic N) is 3. The van der Waals surface area contributed by atoms with Crippen LogP contribution in [0, 0.1) is 0 Å². The Morgan fingerprint density at radius 1 is 1.22 bits per heavy atom. The van der Waals surface area contributed by atoms with E-state index < -0.39 is 0 Å². The van der Waals surface area contributed by atoms with Crippen LogP contribution in [0.15, 0.2) is 17.3 Å². The van der Waals surface area contributed by atoms with Crippen molar-refractivity contribution >= 4 is 5.71 Å². The molecule has 102 valence electrons. The number of rotatable bonds is 2. The smallest absolute Gasteiger partial charge is 0.0745 e. The topological polar surface area (TPSA) is 39.1 Å². The minimum absolute atomic E-state index is 0.346. The molecule has 1 aliphatic heterocycles. The maximum Gasteiger partial charge on any atom is 0.0745 e. The van der Waals surface area contributed by atoms with Crippen LogP contribution in [-0.2, 0) is 0 Å². The van der Waals surface area contributed by atoms with Crippen LogP contribution < -0.4 is 0 Å². The molecule has 1 atom stereocenters. The van der Waals surface area contributed by atoms with Gasteiger partial charge in [-0.15, -0.1) is 0 Å². The van der Waals surface area contributed by atoms with Gasteiger partial charge in [0, 0.05) is 26.2 Å². The van der Waals surface area contributed by atoms with Gasteiger partial charge in [-0.3, -0.25) is 4.90 Å². The van der Waals surface area contributed by atoms with Crippen LogP contribution in [0.1, 0.15) is 32.6 Å². The first-order valence-electron chi connectivity index (χ1n) is 7.17. The molecular formula is C14H25N3O. The van der Waals surface area contributed by atoms with Gasteiger partial charge in [0.1, 0.15) is 0 Å². The molecule has 2 rings (SSSR count). The monoisotopic (exact) mass is 251 g/mol. The molecule has 0 amide bonds. The van der Waals surface area contributed by atoms with Gasteiger partial charge in [-0.1, -0.05) is 24.2 Å². The zero-order valence-electron chi connectivity index (χ0n) is 11.4. The third kappa shape index (κ3) is 3.33. The molecule has 2 aliphatic rings. The molecule has 1 heterocycles. The van der Waals surface area contributed by atoms with Crippen molar-refractivity contribution in [1.29, 1.82) is 0 Å². The molecule has 1 saturated heterocycles. The minimum Gasteiger partial charge on any atom is -0.411 e. The van der Waals surface area contributed by atoms with Crippen LogP contribution >= 0.6 is 0 Å². The maximum atomic E-state index is 9.23. The average Bonchev–Trinajstić information content (AvgIpc) is 2.39. The predicted octanol–water partition coefficient (Wildman–Crippen LogP) is 1.95. The Hall–Kier alpha value is -0.870. The molecule has 1 aliphatic carbocycles. The Bertz CT molecular complexity index is 306. The Kier molecular flexibility index (Phi) is 5.20. The Morgan fingerprint density at radius 3 is 2.61 bits per heavy atom. The van der Waals surface area contributed by atoms with E-state index in [1.165, 1.54) is 0 Å². The molecule has 18 heavy (non-hydrogen) atoms. The summed E-state index contributed by atoms with van der Waals surface area (Å²) in [5.74, 6) is 0. The summed E-state index contributed by atoms with van der Waals surface area (Å²) in [7, 11) is 0. The summed E-state index contributed by atoms with van der Waals surface area (Å²) in [4.78, 5) is 4.98. The lowest BCUT2D eigenvalue weighted by atomic mass is 9.96. The summed E-state index contributed by atoms with van der Waals surface area (Å²) in [5, 5.41) is 12.8. The highest BCUT2D eigenvalue weighted by Crippen LogP contribution is 2.18. The molecular weight excluding hydrogens is 226 g/mol. The van der Waals surface area contributed by atoms with Crippen LogP contribution in [0.3, 0.4) is 0 Å². The van der Waals surface area contributed by atoms with Gasteiger partial charge in [-0.2, -0.15) is 0 Å². The maximum absolute atomic E-state index is 9.23. The molecule has 0 spiro atoms. The number of hydrogen-bond donors (Lipinski definition) is 1. The highest BCUT2D eigenvalue weighted by molar-refractivity contribution is 5.89. The second-order valence-corrected chi connectivity index (χ2v) is 5.16. The quantitative estimate of drug-likeness (QED) is 0.463. The van der Waals surface area contributed by atoms with E-state index in [2.05, 4.69) is 34.0 Å². The second kappa shape index (κ2) is 6.90. The normalized spacial score (nSPS) is 30.3. The summed E-state index contributed by atoms with van der Waals surface area (Å²) >= 11 is 0. The summed E-state index contributed by atoms with van der Waals surface area (Å²) in [6, 6.07) is 0.346. The molecule has 4 heteroatoms. The highest BCUT2D eigenvalue weighted by atomic mass is 16.4. The zero-order valence-corrected chi connectivity index (χ0v) is 11.4. The van der Waals surface area contributed by atoms with Gasteiger partial charge in [0.15, 0.2) is 0 Å². The van der Waals surface area contributed by atoms with Crippen molar-refractivity contribution in [3.05, 3.63) is 12.2 Å². The van der Waals surface area contributed by atoms with Crippen molar-refractivity contribution in [1.82, 2.24) is 9.80 Å². The lowest BCUT2D eigenvalue weighted by molar-refractivity contribution is 0.116. The molecule has 0 aromatic heterocycles. The first-order chi connectivity index (χ1) is 8.85. The first kappa shape index (κ1) is 13.6. The summed E-state index contributed by atoms with van der Waals surface area (Å²) in [5.41, 5.74) is 0.976. The molecule has 0 aromatic carbocycles. The lowest BCUT2D eigenvalue weighted by Crippen LogP contribution is -2.52. The van der Waals surface area contributed by atoms with E-state index in [9.17, 15) is 5.21 Å². The summed E-state index contributed by atoms with van der Waals surface area (Å²) in [6.45, 7) is 7.84. The standard InChI is InChI=1S/C14H25N3O/c1-2-16-9-11-17(12-10-16)14-8-6-4-3-5-7-13(14)15-18/h3-4,14,18H,2,5-12H2,1H3/b4-3?,15-13-/t14-/m0/s1.